The van der Waals surface area contributed by atoms with Gasteiger partial charge in [0, 0.05) is 25.7 Å². The summed E-state index contributed by atoms with van der Waals surface area (Å²) >= 11 is 0. The summed E-state index contributed by atoms with van der Waals surface area (Å²) in [6.45, 7) is 5.48. The molecular formula is C19H22O3. The lowest BCUT2D eigenvalue weighted by Gasteiger charge is -2.14. The molecule has 0 heterocycles. The number of carbonyl (C=O) groups is 1. The fraction of sp³-hybridized carbons (Fsp3) is 0.316. The van der Waals surface area contributed by atoms with Crippen LogP contribution in [0.15, 0.2) is 36.4 Å². The lowest BCUT2D eigenvalue weighted by atomic mass is 9.94. The zero-order valence-corrected chi connectivity index (χ0v) is 13.4. The molecule has 0 bridgehead atoms. The first-order valence-corrected chi connectivity index (χ1v) is 7.44. The Bertz CT molecular complexity index is 624. The third kappa shape index (κ3) is 3.95. The van der Waals surface area contributed by atoms with Crippen LogP contribution in [0, 0.1) is 13.8 Å². The van der Waals surface area contributed by atoms with Crippen molar-refractivity contribution < 1.29 is 14.3 Å². The standard InChI is InChI=1S/C19H22O3/c1-14-10-18(22-9-5-8-21-3)11-15(2)19(14)17-7-4-6-16(12-17)13-20/h4,6-7,10-13H,5,8-9H2,1-3H3. The smallest absolute Gasteiger partial charge is 0.150 e. The van der Waals surface area contributed by atoms with Gasteiger partial charge in [0.1, 0.15) is 12.0 Å². The van der Waals surface area contributed by atoms with Crippen LogP contribution >= 0.6 is 0 Å². The minimum Gasteiger partial charge on any atom is -0.493 e. The van der Waals surface area contributed by atoms with Crippen molar-refractivity contribution in [3.8, 4) is 16.9 Å². The van der Waals surface area contributed by atoms with Gasteiger partial charge in [0.05, 0.1) is 6.61 Å². The van der Waals surface area contributed by atoms with Gasteiger partial charge in [-0.1, -0.05) is 18.2 Å². The van der Waals surface area contributed by atoms with Crippen molar-refractivity contribution in [3.63, 3.8) is 0 Å². The zero-order valence-electron chi connectivity index (χ0n) is 13.4. The number of benzene rings is 2. The van der Waals surface area contributed by atoms with E-state index in [9.17, 15) is 4.79 Å². The second-order valence-electron chi connectivity index (χ2n) is 5.37. The van der Waals surface area contributed by atoms with Gasteiger partial charge in [0.15, 0.2) is 0 Å². The monoisotopic (exact) mass is 298 g/mol. The molecule has 0 radical (unpaired) electrons. The van der Waals surface area contributed by atoms with Crippen molar-refractivity contribution in [3.05, 3.63) is 53.1 Å². The number of rotatable bonds is 7. The van der Waals surface area contributed by atoms with Gasteiger partial charge in [0.2, 0.25) is 0 Å². The molecule has 3 nitrogen and oxygen atoms in total. The first-order chi connectivity index (χ1) is 10.7. The van der Waals surface area contributed by atoms with E-state index in [0.29, 0.717) is 18.8 Å². The second kappa shape index (κ2) is 7.76. The molecule has 0 aromatic heterocycles. The molecule has 0 aliphatic carbocycles. The fourth-order valence-corrected chi connectivity index (χ4v) is 2.62. The Kier molecular flexibility index (Phi) is 5.73. The maximum absolute atomic E-state index is 11.0. The predicted molar refractivity (Wildman–Crippen MR) is 88.7 cm³/mol. The van der Waals surface area contributed by atoms with Crippen molar-refractivity contribution in [2.45, 2.75) is 20.3 Å². The summed E-state index contributed by atoms with van der Waals surface area (Å²) in [5.41, 5.74) is 5.20. The Balaban J connectivity index is 2.24. The molecule has 2 aromatic carbocycles. The Labute approximate surface area is 131 Å². The van der Waals surface area contributed by atoms with E-state index in [-0.39, 0.29) is 0 Å². The molecule has 0 spiro atoms. The van der Waals surface area contributed by atoms with E-state index in [1.54, 1.807) is 7.11 Å². The Morgan fingerprint density at radius 2 is 1.77 bits per heavy atom. The van der Waals surface area contributed by atoms with Crippen LogP contribution in [-0.4, -0.2) is 26.6 Å². The molecular weight excluding hydrogens is 276 g/mol. The summed E-state index contributed by atoms with van der Waals surface area (Å²) in [7, 11) is 1.69. The van der Waals surface area contributed by atoms with Gasteiger partial charge in [-0.3, -0.25) is 4.79 Å². The van der Waals surface area contributed by atoms with E-state index in [1.165, 1.54) is 0 Å². The van der Waals surface area contributed by atoms with Crippen molar-refractivity contribution >= 4 is 6.29 Å². The zero-order chi connectivity index (χ0) is 15.9. The number of methoxy groups -OCH3 is 1. The van der Waals surface area contributed by atoms with E-state index in [4.69, 9.17) is 9.47 Å². The fourth-order valence-electron chi connectivity index (χ4n) is 2.62. The molecule has 0 aliphatic heterocycles. The number of carbonyl (C=O) groups excluding carboxylic acids is 1. The molecule has 0 atom stereocenters. The highest BCUT2D eigenvalue weighted by Gasteiger charge is 2.09. The summed E-state index contributed by atoms with van der Waals surface area (Å²) in [5.74, 6) is 0.876. The van der Waals surface area contributed by atoms with E-state index >= 15 is 0 Å². The molecule has 22 heavy (non-hydrogen) atoms. The molecule has 0 saturated heterocycles. The van der Waals surface area contributed by atoms with E-state index < -0.39 is 0 Å². The van der Waals surface area contributed by atoms with Gasteiger partial charge < -0.3 is 9.47 Å². The number of aryl methyl sites for hydroxylation is 2. The molecule has 0 fully saturated rings. The van der Waals surface area contributed by atoms with Crippen LogP contribution in [0.4, 0.5) is 0 Å². The number of ether oxygens (including phenoxy) is 2. The van der Waals surface area contributed by atoms with E-state index in [2.05, 4.69) is 13.8 Å². The van der Waals surface area contributed by atoms with Gasteiger partial charge in [-0.25, -0.2) is 0 Å². The van der Waals surface area contributed by atoms with Gasteiger partial charge >= 0.3 is 0 Å². The van der Waals surface area contributed by atoms with Crippen LogP contribution in [0.5, 0.6) is 5.75 Å². The molecule has 2 aromatic rings. The van der Waals surface area contributed by atoms with Gasteiger partial charge in [-0.15, -0.1) is 0 Å². The molecule has 0 saturated carbocycles. The normalized spacial score (nSPS) is 10.5. The maximum atomic E-state index is 11.0. The summed E-state index contributed by atoms with van der Waals surface area (Å²) in [5, 5.41) is 0. The van der Waals surface area contributed by atoms with Crippen LogP contribution in [0.25, 0.3) is 11.1 Å². The summed E-state index contributed by atoms with van der Waals surface area (Å²) in [4.78, 5) is 11.0. The topological polar surface area (TPSA) is 35.5 Å². The average molecular weight is 298 g/mol. The van der Waals surface area contributed by atoms with Crippen molar-refractivity contribution in [2.75, 3.05) is 20.3 Å². The average Bonchev–Trinajstić information content (AvgIpc) is 2.51. The summed E-state index contributed by atoms with van der Waals surface area (Å²) in [6, 6.07) is 11.8. The lowest BCUT2D eigenvalue weighted by Crippen LogP contribution is -2.02. The highest BCUT2D eigenvalue weighted by atomic mass is 16.5. The first-order valence-electron chi connectivity index (χ1n) is 7.44. The SMILES string of the molecule is COCCCOc1cc(C)c(-c2cccc(C=O)c2)c(C)c1. The minimum absolute atomic E-state index is 0.646. The molecule has 0 N–H and O–H groups in total. The summed E-state index contributed by atoms with van der Waals surface area (Å²) < 4.78 is 10.8. The van der Waals surface area contributed by atoms with E-state index in [0.717, 1.165) is 40.7 Å². The molecule has 2 rings (SSSR count). The van der Waals surface area contributed by atoms with Crippen LogP contribution in [0.3, 0.4) is 0 Å². The van der Waals surface area contributed by atoms with Gasteiger partial charge in [-0.2, -0.15) is 0 Å². The van der Waals surface area contributed by atoms with Crippen molar-refractivity contribution in [1.29, 1.82) is 0 Å². The molecule has 3 heteroatoms. The highest BCUT2D eigenvalue weighted by Crippen LogP contribution is 2.31. The molecule has 0 amide bonds. The molecule has 0 aliphatic rings. The van der Waals surface area contributed by atoms with Crippen LogP contribution in [-0.2, 0) is 4.74 Å². The Morgan fingerprint density at radius 3 is 2.41 bits per heavy atom. The molecule has 116 valence electrons. The largest absolute Gasteiger partial charge is 0.493 e. The predicted octanol–water partition coefficient (Wildman–Crippen LogP) is 4.20. The third-order valence-corrected chi connectivity index (χ3v) is 3.58. The quantitative estimate of drug-likeness (QED) is 0.568. The number of hydrogen-bond donors (Lipinski definition) is 0. The molecule has 0 unspecified atom stereocenters. The van der Waals surface area contributed by atoms with Crippen LogP contribution in [0.1, 0.15) is 27.9 Å². The number of aldehydes is 1. The third-order valence-electron chi connectivity index (χ3n) is 3.58. The number of hydrogen-bond acceptors (Lipinski definition) is 3. The Hall–Kier alpha value is -2.13. The van der Waals surface area contributed by atoms with Crippen molar-refractivity contribution in [1.82, 2.24) is 0 Å². The van der Waals surface area contributed by atoms with E-state index in [1.807, 2.05) is 36.4 Å². The minimum atomic E-state index is 0.646. The van der Waals surface area contributed by atoms with Gasteiger partial charge in [-0.05, 0) is 54.3 Å². The maximum Gasteiger partial charge on any atom is 0.150 e. The summed E-state index contributed by atoms with van der Waals surface area (Å²) in [6.07, 6.45) is 1.75. The van der Waals surface area contributed by atoms with Gasteiger partial charge in [0.25, 0.3) is 0 Å². The Morgan fingerprint density at radius 1 is 1.05 bits per heavy atom. The highest BCUT2D eigenvalue weighted by molar-refractivity contribution is 5.80. The van der Waals surface area contributed by atoms with Crippen molar-refractivity contribution in [2.24, 2.45) is 0 Å². The van der Waals surface area contributed by atoms with Crippen LogP contribution < -0.4 is 4.74 Å². The second-order valence-corrected chi connectivity index (χ2v) is 5.37. The lowest BCUT2D eigenvalue weighted by molar-refractivity contribution is 0.112. The first kappa shape index (κ1) is 16.2. The van der Waals surface area contributed by atoms with Crippen LogP contribution in [0.2, 0.25) is 0 Å².